The second-order valence-electron chi connectivity index (χ2n) is 4.31. The van der Waals surface area contributed by atoms with Gasteiger partial charge in [0.2, 0.25) is 0 Å². The summed E-state index contributed by atoms with van der Waals surface area (Å²) in [6, 6.07) is 7.25. The molecule has 0 unspecified atom stereocenters. The lowest BCUT2D eigenvalue weighted by molar-refractivity contribution is 0.0394. The van der Waals surface area contributed by atoms with E-state index in [1.807, 2.05) is 12.1 Å². The first-order chi connectivity index (χ1) is 9.15. The van der Waals surface area contributed by atoms with Crippen molar-refractivity contribution in [3.05, 3.63) is 46.5 Å². The molecule has 0 amide bonds. The predicted molar refractivity (Wildman–Crippen MR) is 87.1 cm³/mol. The van der Waals surface area contributed by atoms with Gasteiger partial charge < -0.3 is 4.74 Å². The van der Waals surface area contributed by atoms with Crippen LogP contribution in [0.25, 0.3) is 0 Å². The van der Waals surface area contributed by atoms with Crippen LogP contribution in [0.1, 0.15) is 10.4 Å². The molecular formula is C14H15BrO2S2. The van der Waals surface area contributed by atoms with Crippen molar-refractivity contribution >= 4 is 45.4 Å². The van der Waals surface area contributed by atoms with Crippen molar-refractivity contribution in [3.63, 3.8) is 0 Å². The highest BCUT2D eigenvalue weighted by atomic mass is 79.9. The lowest BCUT2D eigenvalue weighted by Crippen LogP contribution is -2.25. The predicted octanol–water partition coefficient (Wildman–Crippen LogP) is 4.01. The van der Waals surface area contributed by atoms with E-state index in [2.05, 4.69) is 22.5 Å². The van der Waals surface area contributed by atoms with Crippen LogP contribution in [-0.4, -0.2) is 35.1 Å². The maximum absolute atomic E-state index is 12.0. The number of carbonyl (C=O) groups excluding carboxylic acids is 1. The maximum Gasteiger partial charge on any atom is 0.338 e. The van der Waals surface area contributed by atoms with Gasteiger partial charge in [0.1, 0.15) is 6.10 Å². The highest BCUT2D eigenvalue weighted by Gasteiger charge is 2.18. The van der Waals surface area contributed by atoms with E-state index in [-0.39, 0.29) is 12.1 Å². The van der Waals surface area contributed by atoms with E-state index >= 15 is 0 Å². The van der Waals surface area contributed by atoms with Gasteiger partial charge in [0, 0.05) is 27.5 Å². The van der Waals surface area contributed by atoms with Gasteiger partial charge >= 0.3 is 5.97 Å². The van der Waals surface area contributed by atoms with Crippen LogP contribution in [0, 0.1) is 0 Å². The van der Waals surface area contributed by atoms with E-state index in [0.29, 0.717) is 5.56 Å². The van der Waals surface area contributed by atoms with Gasteiger partial charge in [0.25, 0.3) is 0 Å². The zero-order valence-corrected chi connectivity index (χ0v) is 13.7. The number of benzene rings is 1. The minimum absolute atomic E-state index is 0.0146. The lowest BCUT2D eigenvalue weighted by atomic mass is 10.2. The normalized spacial score (nSPS) is 17.6. The fourth-order valence-corrected chi connectivity index (χ4v) is 4.09. The molecule has 19 heavy (non-hydrogen) atoms. The Balaban J connectivity index is 1.90. The van der Waals surface area contributed by atoms with E-state index in [1.54, 1.807) is 35.7 Å². The Bertz CT molecular complexity index is 447. The maximum atomic E-state index is 12.0. The highest BCUT2D eigenvalue weighted by Crippen LogP contribution is 2.22. The molecule has 2 nitrogen and oxygen atoms in total. The quantitative estimate of drug-likeness (QED) is 0.589. The van der Waals surface area contributed by atoms with E-state index in [1.165, 1.54) is 5.57 Å². The fraction of sp³-hybridized carbons (Fsp3) is 0.357. The summed E-state index contributed by atoms with van der Waals surface area (Å²) in [5.41, 5.74) is 1.86. The molecule has 1 fully saturated rings. The molecular weight excluding hydrogens is 344 g/mol. The average molecular weight is 359 g/mol. The molecule has 0 bridgehead atoms. The zero-order chi connectivity index (χ0) is 13.7. The molecule has 0 aromatic heterocycles. The van der Waals surface area contributed by atoms with Gasteiger partial charge in [-0.05, 0) is 24.3 Å². The van der Waals surface area contributed by atoms with E-state index in [4.69, 9.17) is 4.74 Å². The molecule has 1 aliphatic rings. The molecule has 1 aromatic carbocycles. The number of esters is 1. The van der Waals surface area contributed by atoms with Gasteiger partial charge in [-0.1, -0.05) is 28.1 Å². The van der Waals surface area contributed by atoms with Crippen LogP contribution < -0.4 is 0 Å². The van der Waals surface area contributed by atoms with E-state index in [9.17, 15) is 4.79 Å². The number of halogens is 1. The number of carbonyl (C=O) groups is 1. The summed E-state index contributed by atoms with van der Waals surface area (Å²) in [6.07, 6.45) is -0.0146. The molecule has 0 aliphatic carbocycles. The molecule has 0 spiro atoms. The Morgan fingerprint density at radius 2 is 1.79 bits per heavy atom. The fourth-order valence-electron chi connectivity index (χ4n) is 1.63. The highest BCUT2D eigenvalue weighted by molar-refractivity contribution is 9.10. The molecule has 0 N–H and O–H groups in total. The largest absolute Gasteiger partial charge is 0.457 e. The van der Waals surface area contributed by atoms with Gasteiger partial charge in [-0.2, -0.15) is 23.5 Å². The van der Waals surface area contributed by atoms with Gasteiger partial charge in [-0.25, -0.2) is 4.79 Å². The smallest absolute Gasteiger partial charge is 0.338 e. The van der Waals surface area contributed by atoms with Crippen molar-refractivity contribution in [1.29, 1.82) is 0 Å². The molecule has 2 rings (SSSR count). The molecule has 0 atom stereocenters. The van der Waals surface area contributed by atoms with Crippen LogP contribution >= 0.6 is 39.5 Å². The second kappa shape index (κ2) is 7.41. The standard InChI is InChI=1S/C14H15BrO2S2/c1-10-6-18-8-13(9-19-7-10)17-14(16)11-2-4-12(15)5-3-11/h2-5,13H,1,6-9H2. The zero-order valence-electron chi connectivity index (χ0n) is 10.4. The number of hydrogen-bond donors (Lipinski definition) is 0. The van der Waals surface area contributed by atoms with E-state index in [0.717, 1.165) is 27.5 Å². The summed E-state index contributed by atoms with van der Waals surface area (Å²) in [5.74, 6) is 3.36. The molecule has 102 valence electrons. The van der Waals surface area contributed by atoms with Crippen LogP contribution in [0.4, 0.5) is 0 Å². The average Bonchev–Trinajstić information content (AvgIpc) is 2.36. The lowest BCUT2D eigenvalue weighted by Gasteiger charge is -2.20. The van der Waals surface area contributed by atoms with Gasteiger partial charge in [0.05, 0.1) is 5.56 Å². The van der Waals surface area contributed by atoms with Crippen LogP contribution in [-0.2, 0) is 4.74 Å². The monoisotopic (exact) mass is 358 g/mol. The van der Waals surface area contributed by atoms with Crippen LogP contribution in [0.5, 0.6) is 0 Å². The van der Waals surface area contributed by atoms with Crippen molar-refractivity contribution in [3.8, 4) is 0 Å². The first-order valence-electron chi connectivity index (χ1n) is 5.94. The number of thioether (sulfide) groups is 2. The Labute approximate surface area is 130 Å². The number of ether oxygens (including phenoxy) is 1. The Hall–Kier alpha value is -0.390. The van der Waals surface area contributed by atoms with Crippen LogP contribution in [0.3, 0.4) is 0 Å². The van der Waals surface area contributed by atoms with Crippen molar-refractivity contribution in [2.75, 3.05) is 23.0 Å². The van der Waals surface area contributed by atoms with Crippen molar-refractivity contribution in [1.82, 2.24) is 0 Å². The van der Waals surface area contributed by atoms with Gasteiger partial charge in [0.15, 0.2) is 0 Å². The summed E-state index contributed by atoms with van der Waals surface area (Å²) in [4.78, 5) is 12.0. The second-order valence-corrected chi connectivity index (χ2v) is 7.29. The Morgan fingerprint density at radius 1 is 1.21 bits per heavy atom. The molecule has 1 heterocycles. The third kappa shape index (κ3) is 4.89. The minimum atomic E-state index is -0.238. The molecule has 0 radical (unpaired) electrons. The van der Waals surface area contributed by atoms with Crippen LogP contribution in [0.2, 0.25) is 0 Å². The van der Waals surface area contributed by atoms with E-state index < -0.39 is 0 Å². The molecule has 1 saturated heterocycles. The molecule has 5 heteroatoms. The van der Waals surface area contributed by atoms with Gasteiger partial charge in [-0.3, -0.25) is 0 Å². The Kier molecular flexibility index (Phi) is 5.85. The summed E-state index contributed by atoms with van der Waals surface area (Å²) < 4.78 is 6.52. The van der Waals surface area contributed by atoms with Crippen molar-refractivity contribution < 1.29 is 9.53 Å². The molecule has 1 aliphatic heterocycles. The first kappa shape index (κ1) is 15.0. The van der Waals surface area contributed by atoms with Crippen LogP contribution in [0.15, 0.2) is 40.9 Å². The topological polar surface area (TPSA) is 26.3 Å². The molecule has 1 aromatic rings. The van der Waals surface area contributed by atoms with Crippen molar-refractivity contribution in [2.45, 2.75) is 6.10 Å². The number of hydrogen-bond acceptors (Lipinski definition) is 4. The third-order valence-electron chi connectivity index (χ3n) is 2.57. The third-order valence-corrected chi connectivity index (χ3v) is 5.54. The summed E-state index contributed by atoms with van der Waals surface area (Å²) in [6.45, 7) is 4.00. The first-order valence-corrected chi connectivity index (χ1v) is 9.04. The summed E-state index contributed by atoms with van der Waals surface area (Å²) in [7, 11) is 0. The SMILES string of the molecule is C=C1CSCC(OC(=O)c2ccc(Br)cc2)CSC1. The summed E-state index contributed by atoms with van der Waals surface area (Å²) >= 11 is 6.93. The van der Waals surface area contributed by atoms with Gasteiger partial charge in [-0.15, -0.1) is 0 Å². The van der Waals surface area contributed by atoms with Crippen molar-refractivity contribution in [2.24, 2.45) is 0 Å². The molecule has 0 saturated carbocycles. The Morgan fingerprint density at radius 3 is 2.37 bits per heavy atom. The minimum Gasteiger partial charge on any atom is -0.457 e. The number of rotatable bonds is 2. The summed E-state index contributed by atoms with van der Waals surface area (Å²) in [5, 5.41) is 0.